The summed E-state index contributed by atoms with van der Waals surface area (Å²) in [5.41, 5.74) is 6.99. The second kappa shape index (κ2) is 3.59. The second-order valence-corrected chi connectivity index (χ2v) is 3.32. The highest BCUT2D eigenvalue weighted by atomic mass is 15.5. The van der Waals surface area contributed by atoms with Crippen molar-refractivity contribution in [1.29, 1.82) is 0 Å². The van der Waals surface area contributed by atoms with Crippen LogP contribution in [0.25, 0.3) is 0 Å². The summed E-state index contributed by atoms with van der Waals surface area (Å²) in [5, 5.41) is 1.94. The lowest BCUT2D eigenvalue weighted by Crippen LogP contribution is -2.20. The SMILES string of the molecule is Cc1ccc(NN(C)C)c(C)c1. The summed E-state index contributed by atoms with van der Waals surface area (Å²) < 4.78 is 0. The van der Waals surface area contributed by atoms with Gasteiger partial charge in [0, 0.05) is 14.1 Å². The molecule has 66 valence electrons. The van der Waals surface area contributed by atoms with E-state index in [1.54, 1.807) is 0 Å². The van der Waals surface area contributed by atoms with Crippen molar-refractivity contribution in [3.8, 4) is 0 Å². The average Bonchev–Trinajstić information content (AvgIpc) is 1.94. The van der Waals surface area contributed by atoms with Gasteiger partial charge >= 0.3 is 0 Å². The third-order valence-electron chi connectivity index (χ3n) is 1.73. The largest absolute Gasteiger partial charge is 0.319 e. The number of nitrogens with one attached hydrogen (secondary N) is 1. The maximum absolute atomic E-state index is 3.23. The number of hydrogen-bond donors (Lipinski definition) is 1. The molecule has 12 heavy (non-hydrogen) atoms. The summed E-state index contributed by atoms with van der Waals surface area (Å²) in [6.45, 7) is 4.21. The standard InChI is InChI=1S/C10H16N2/c1-8-5-6-10(9(2)7-8)11-12(3)4/h5-7,11H,1-4H3. The summed E-state index contributed by atoms with van der Waals surface area (Å²) >= 11 is 0. The van der Waals surface area contributed by atoms with Crippen LogP contribution in [-0.2, 0) is 0 Å². The summed E-state index contributed by atoms with van der Waals surface area (Å²) in [6.07, 6.45) is 0. The number of nitrogens with zero attached hydrogens (tertiary/aromatic N) is 1. The number of rotatable bonds is 2. The van der Waals surface area contributed by atoms with Gasteiger partial charge in [-0.15, -0.1) is 0 Å². The molecular formula is C10H16N2. The lowest BCUT2D eigenvalue weighted by Gasteiger charge is -2.15. The predicted molar refractivity (Wildman–Crippen MR) is 53.2 cm³/mol. The average molecular weight is 164 g/mol. The molecule has 0 spiro atoms. The molecule has 0 atom stereocenters. The lowest BCUT2D eigenvalue weighted by molar-refractivity contribution is 0.495. The minimum absolute atomic E-state index is 1.17. The lowest BCUT2D eigenvalue weighted by atomic mass is 10.1. The molecule has 1 aromatic rings. The Morgan fingerprint density at radius 1 is 1.17 bits per heavy atom. The van der Waals surface area contributed by atoms with Crippen molar-refractivity contribution in [1.82, 2.24) is 5.01 Å². The van der Waals surface area contributed by atoms with E-state index in [4.69, 9.17) is 0 Å². The fraction of sp³-hybridized carbons (Fsp3) is 0.400. The van der Waals surface area contributed by atoms with Crippen molar-refractivity contribution in [2.45, 2.75) is 13.8 Å². The van der Waals surface area contributed by atoms with Gasteiger partial charge in [0.1, 0.15) is 0 Å². The first kappa shape index (κ1) is 9.07. The van der Waals surface area contributed by atoms with Crippen molar-refractivity contribution in [2.24, 2.45) is 0 Å². The van der Waals surface area contributed by atoms with Crippen LogP contribution in [-0.4, -0.2) is 19.1 Å². The van der Waals surface area contributed by atoms with E-state index in [0.29, 0.717) is 0 Å². The van der Waals surface area contributed by atoms with Crippen LogP contribution >= 0.6 is 0 Å². The Labute approximate surface area is 74.2 Å². The molecule has 0 unspecified atom stereocenters. The summed E-state index contributed by atoms with van der Waals surface area (Å²) in [6, 6.07) is 6.38. The molecule has 1 rings (SSSR count). The van der Waals surface area contributed by atoms with Gasteiger partial charge in [0.2, 0.25) is 0 Å². The molecule has 0 radical (unpaired) electrons. The predicted octanol–water partition coefficient (Wildman–Crippen LogP) is 2.19. The molecular weight excluding hydrogens is 148 g/mol. The molecule has 0 aromatic heterocycles. The molecule has 0 fully saturated rings. The molecule has 0 aliphatic rings. The van der Waals surface area contributed by atoms with E-state index in [0.717, 1.165) is 0 Å². The third kappa shape index (κ3) is 2.24. The Morgan fingerprint density at radius 2 is 1.83 bits per heavy atom. The van der Waals surface area contributed by atoms with Gasteiger partial charge in [-0.25, -0.2) is 5.01 Å². The van der Waals surface area contributed by atoms with Gasteiger partial charge in [-0.05, 0) is 25.5 Å². The fourth-order valence-electron chi connectivity index (χ4n) is 1.18. The van der Waals surface area contributed by atoms with Gasteiger partial charge in [-0.3, -0.25) is 0 Å². The number of hydrazine groups is 1. The highest BCUT2D eigenvalue weighted by Gasteiger charge is 1.97. The van der Waals surface area contributed by atoms with E-state index in [2.05, 4.69) is 37.5 Å². The number of anilines is 1. The second-order valence-electron chi connectivity index (χ2n) is 3.32. The zero-order valence-corrected chi connectivity index (χ0v) is 8.18. The van der Waals surface area contributed by atoms with E-state index in [9.17, 15) is 0 Å². The Morgan fingerprint density at radius 3 is 2.33 bits per heavy atom. The minimum atomic E-state index is 1.17. The molecule has 0 saturated heterocycles. The van der Waals surface area contributed by atoms with Crippen LogP contribution in [0.15, 0.2) is 18.2 Å². The Balaban J connectivity index is 2.86. The molecule has 0 heterocycles. The minimum Gasteiger partial charge on any atom is -0.319 e. The van der Waals surface area contributed by atoms with Crippen LogP contribution in [0.2, 0.25) is 0 Å². The zero-order chi connectivity index (χ0) is 9.14. The first-order valence-corrected chi connectivity index (χ1v) is 4.11. The maximum Gasteiger partial charge on any atom is 0.0519 e. The van der Waals surface area contributed by atoms with Crippen LogP contribution in [0.3, 0.4) is 0 Å². The third-order valence-corrected chi connectivity index (χ3v) is 1.73. The Bertz CT molecular complexity index is 267. The smallest absolute Gasteiger partial charge is 0.0519 e. The van der Waals surface area contributed by atoms with Gasteiger partial charge < -0.3 is 5.43 Å². The first-order valence-electron chi connectivity index (χ1n) is 4.11. The van der Waals surface area contributed by atoms with E-state index in [-0.39, 0.29) is 0 Å². The van der Waals surface area contributed by atoms with Crippen LogP contribution in [0.1, 0.15) is 11.1 Å². The summed E-state index contributed by atoms with van der Waals surface area (Å²) in [4.78, 5) is 0. The van der Waals surface area contributed by atoms with Crippen LogP contribution in [0.4, 0.5) is 5.69 Å². The molecule has 0 amide bonds. The van der Waals surface area contributed by atoms with Crippen LogP contribution < -0.4 is 5.43 Å². The molecule has 0 bridgehead atoms. The highest BCUT2D eigenvalue weighted by Crippen LogP contribution is 2.15. The van der Waals surface area contributed by atoms with Gasteiger partial charge in [-0.1, -0.05) is 17.7 Å². The van der Waals surface area contributed by atoms with Crippen molar-refractivity contribution in [3.05, 3.63) is 29.3 Å². The molecule has 0 aliphatic carbocycles. The topological polar surface area (TPSA) is 15.3 Å². The van der Waals surface area contributed by atoms with Gasteiger partial charge in [0.25, 0.3) is 0 Å². The molecule has 1 N–H and O–H groups in total. The van der Waals surface area contributed by atoms with Crippen molar-refractivity contribution < 1.29 is 0 Å². The number of hydrogen-bond acceptors (Lipinski definition) is 2. The highest BCUT2D eigenvalue weighted by molar-refractivity contribution is 5.50. The molecule has 2 heteroatoms. The van der Waals surface area contributed by atoms with Crippen molar-refractivity contribution in [2.75, 3.05) is 19.5 Å². The van der Waals surface area contributed by atoms with E-state index in [1.807, 2.05) is 19.1 Å². The van der Waals surface area contributed by atoms with E-state index >= 15 is 0 Å². The van der Waals surface area contributed by atoms with Crippen molar-refractivity contribution >= 4 is 5.69 Å². The number of benzene rings is 1. The summed E-state index contributed by atoms with van der Waals surface area (Å²) in [7, 11) is 3.97. The number of aryl methyl sites for hydroxylation is 2. The molecule has 0 saturated carbocycles. The summed E-state index contributed by atoms with van der Waals surface area (Å²) in [5.74, 6) is 0. The van der Waals surface area contributed by atoms with Gasteiger partial charge in [0.15, 0.2) is 0 Å². The van der Waals surface area contributed by atoms with Crippen molar-refractivity contribution in [3.63, 3.8) is 0 Å². The first-order chi connectivity index (χ1) is 5.59. The van der Waals surface area contributed by atoms with Gasteiger partial charge in [-0.2, -0.15) is 0 Å². The van der Waals surface area contributed by atoms with E-state index in [1.165, 1.54) is 16.8 Å². The van der Waals surface area contributed by atoms with E-state index < -0.39 is 0 Å². The normalized spacial score (nSPS) is 10.4. The van der Waals surface area contributed by atoms with Crippen LogP contribution in [0, 0.1) is 13.8 Å². The maximum atomic E-state index is 3.23. The molecule has 2 nitrogen and oxygen atoms in total. The van der Waals surface area contributed by atoms with Crippen LogP contribution in [0.5, 0.6) is 0 Å². The Hall–Kier alpha value is -1.02. The zero-order valence-electron chi connectivity index (χ0n) is 8.18. The quantitative estimate of drug-likeness (QED) is 0.674. The van der Waals surface area contributed by atoms with Gasteiger partial charge in [0.05, 0.1) is 5.69 Å². The molecule has 0 aliphatic heterocycles. The Kier molecular flexibility index (Phi) is 2.71. The molecule has 1 aromatic carbocycles. The monoisotopic (exact) mass is 164 g/mol. The fourth-order valence-corrected chi connectivity index (χ4v) is 1.18.